The van der Waals surface area contributed by atoms with Crippen molar-refractivity contribution in [3.8, 4) is 0 Å². The van der Waals surface area contributed by atoms with Crippen LogP contribution in [0.5, 0.6) is 0 Å². The number of thioether (sulfide) groups is 1. The van der Waals surface area contributed by atoms with Gasteiger partial charge in [0.1, 0.15) is 11.6 Å². The Balaban J connectivity index is 1.56. The van der Waals surface area contributed by atoms with E-state index in [1.54, 1.807) is 40.1 Å². The molecular formula is C24H39BN4O5S. The van der Waals surface area contributed by atoms with E-state index < -0.39 is 36.1 Å². The lowest BCUT2D eigenvalue weighted by molar-refractivity contribution is -0.136. The molecule has 11 heteroatoms. The summed E-state index contributed by atoms with van der Waals surface area (Å²) < 4.78 is 17.4. The van der Waals surface area contributed by atoms with Crippen molar-refractivity contribution in [2.75, 3.05) is 12.3 Å². The van der Waals surface area contributed by atoms with Crippen molar-refractivity contribution >= 4 is 36.3 Å². The minimum atomic E-state index is -0.661. The number of amides is 2. The van der Waals surface area contributed by atoms with Crippen molar-refractivity contribution in [1.29, 1.82) is 0 Å². The molecule has 3 heterocycles. The number of carbonyl (C=O) groups is 2. The van der Waals surface area contributed by atoms with Gasteiger partial charge in [0.05, 0.1) is 11.2 Å². The first-order chi connectivity index (χ1) is 16.2. The summed E-state index contributed by atoms with van der Waals surface area (Å²) in [5.41, 5.74) is -0.672. The quantitative estimate of drug-likeness (QED) is 0.357. The minimum Gasteiger partial charge on any atom is -0.444 e. The number of nitrogens with one attached hydrogen (secondary N) is 1. The summed E-state index contributed by atoms with van der Waals surface area (Å²) in [4.78, 5) is 36.1. The third-order valence-electron chi connectivity index (χ3n) is 6.59. The Kier molecular flexibility index (Phi) is 8.43. The monoisotopic (exact) mass is 506 g/mol. The summed E-state index contributed by atoms with van der Waals surface area (Å²) in [7, 11) is -0.496. The van der Waals surface area contributed by atoms with E-state index >= 15 is 0 Å². The smallest absolute Gasteiger partial charge is 0.444 e. The SMILES string of the molecule is C[C@@H](NC(=O)OC(C)(C)C)C(=O)N1CCCC[C@@H]1CSc1ncc(B2OC(C)(C)C(C)(C)O2)cn1. The number of nitrogens with zero attached hydrogens (tertiary/aromatic N) is 3. The summed E-state index contributed by atoms with van der Waals surface area (Å²) in [5.74, 6) is 0.582. The van der Waals surface area contributed by atoms with E-state index in [0.717, 1.165) is 24.7 Å². The molecule has 2 saturated heterocycles. The topological polar surface area (TPSA) is 103 Å². The highest BCUT2D eigenvalue weighted by Gasteiger charge is 2.52. The molecule has 3 rings (SSSR count). The highest BCUT2D eigenvalue weighted by atomic mass is 32.2. The molecule has 0 saturated carbocycles. The number of hydrogen-bond donors (Lipinski definition) is 1. The second kappa shape index (κ2) is 10.6. The van der Waals surface area contributed by atoms with E-state index in [0.29, 0.717) is 17.5 Å². The second-order valence-electron chi connectivity index (χ2n) is 11.2. The number of alkyl carbamates (subject to hydrolysis) is 1. The van der Waals surface area contributed by atoms with E-state index in [9.17, 15) is 9.59 Å². The van der Waals surface area contributed by atoms with Crippen LogP contribution in [0.4, 0.5) is 4.79 Å². The Labute approximate surface area is 213 Å². The molecule has 2 fully saturated rings. The van der Waals surface area contributed by atoms with Gasteiger partial charge in [-0.25, -0.2) is 14.8 Å². The molecule has 2 amide bonds. The predicted molar refractivity (Wildman–Crippen MR) is 137 cm³/mol. The molecular weight excluding hydrogens is 467 g/mol. The Morgan fingerprint density at radius 3 is 2.37 bits per heavy atom. The average molecular weight is 506 g/mol. The maximum Gasteiger partial charge on any atom is 0.498 e. The number of rotatable bonds is 6. The summed E-state index contributed by atoms with van der Waals surface area (Å²) in [6, 6.07) is -0.610. The fraction of sp³-hybridized carbons (Fsp3) is 0.750. The van der Waals surface area contributed by atoms with Gasteiger partial charge in [0.15, 0.2) is 5.16 Å². The van der Waals surface area contributed by atoms with Crippen molar-refractivity contribution < 1.29 is 23.6 Å². The van der Waals surface area contributed by atoms with Crippen molar-refractivity contribution in [3.05, 3.63) is 12.4 Å². The maximum absolute atomic E-state index is 13.1. The zero-order valence-corrected chi connectivity index (χ0v) is 23.0. The standard InChI is InChI=1S/C24H39BN4O5S/c1-16(28-21(31)32-22(2,3)4)19(30)29-12-10-9-11-18(29)15-35-20-26-13-17(14-27-20)25-33-23(5,6)24(7,8)34-25/h13-14,16,18H,9-12,15H2,1-8H3,(H,28,31)/t16-,18-/m1/s1. The van der Waals surface area contributed by atoms with Crippen LogP contribution in [0.15, 0.2) is 17.6 Å². The van der Waals surface area contributed by atoms with E-state index in [2.05, 4.69) is 15.3 Å². The molecule has 0 spiro atoms. The maximum atomic E-state index is 13.1. The van der Waals surface area contributed by atoms with Gasteiger partial charge in [0.25, 0.3) is 0 Å². The second-order valence-corrected chi connectivity index (χ2v) is 12.2. The first kappa shape index (κ1) is 27.7. The number of piperidine rings is 1. The third-order valence-corrected chi connectivity index (χ3v) is 7.61. The van der Waals surface area contributed by atoms with Gasteiger partial charge in [0, 0.05) is 36.2 Å². The van der Waals surface area contributed by atoms with Crippen LogP contribution in [-0.2, 0) is 18.8 Å². The van der Waals surface area contributed by atoms with E-state index in [4.69, 9.17) is 14.0 Å². The fourth-order valence-corrected chi connectivity index (χ4v) is 4.87. The van der Waals surface area contributed by atoms with Gasteiger partial charge in [0.2, 0.25) is 5.91 Å². The number of likely N-dealkylation sites (tertiary alicyclic amines) is 1. The highest BCUT2D eigenvalue weighted by molar-refractivity contribution is 7.99. The van der Waals surface area contributed by atoms with Crippen molar-refractivity contribution in [3.63, 3.8) is 0 Å². The van der Waals surface area contributed by atoms with E-state index in [1.807, 2.05) is 32.6 Å². The van der Waals surface area contributed by atoms with Crippen LogP contribution in [0, 0.1) is 0 Å². The van der Waals surface area contributed by atoms with Gasteiger partial charge in [-0.3, -0.25) is 4.79 Å². The van der Waals surface area contributed by atoms with Gasteiger partial charge in [-0.2, -0.15) is 0 Å². The van der Waals surface area contributed by atoms with Crippen LogP contribution in [0.2, 0.25) is 0 Å². The molecule has 194 valence electrons. The molecule has 2 aliphatic rings. The molecule has 2 aliphatic heterocycles. The Morgan fingerprint density at radius 1 is 1.20 bits per heavy atom. The van der Waals surface area contributed by atoms with Crippen LogP contribution in [-0.4, -0.2) is 75.2 Å². The Morgan fingerprint density at radius 2 is 1.80 bits per heavy atom. The molecule has 0 aliphatic carbocycles. The molecule has 0 unspecified atom stereocenters. The molecule has 0 aromatic carbocycles. The van der Waals surface area contributed by atoms with Gasteiger partial charge < -0.3 is 24.3 Å². The number of hydrogen-bond acceptors (Lipinski definition) is 8. The zero-order valence-electron chi connectivity index (χ0n) is 22.2. The number of ether oxygens (including phenoxy) is 1. The molecule has 9 nitrogen and oxygen atoms in total. The van der Waals surface area contributed by atoms with Crippen LogP contribution in [0.1, 0.15) is 74.7 Å². The van der Waals surface area contributed by atoms with E-state index in [1.165, 1.54) is 11.8 Å². The lowest BCUT2D eigenvalue weighted by Gasteiger charge is -2.37. The summed E-state index contributed by atoms with van der Waals surface area (Å²) in [6.07, 6.45) is 5.82. The van der Waals surface area contributed by atoms with Crippen molar-refractivity contribution in [1.82, 2.24) is 20.2 Å². The lowest BCUT2D eigenvalue weighted by atomic mass is 9.81. The van der Waals surface area contributed by atoms with Gasteiger partial charge >= 0.3 is 13.2 Å². The summed E-state index contributed by atoms with van der Waals surface area (Å²) in [5, 5.41) is 3.31. The minimum absolute atomic E-state index is 0.0514. The normalized spacial score (nSPS) is 22.6. The van der Waals surface area contributed by atoms with Crippen LogP contribution < -0.4 is 10.8 Å². The Bertz CT molecular complexity index is 890. The molecule has 0 bridgehead atoms. The Hall–Kier alpha value is -1.85. The molecule has 0 radical (unpaired) electrons. The third kappa shape index (κ3) is 7.10. The summed E-state index contributed by atoms with van der Waals surface area (Å²) >= 11 is 1.52. The van der Waals surface area contributed by atoms with Crippen LogP contribution >= 0.6 is 11.8 Å². The summed E-state index contributed by atoms with van der Waals surface area (Å²) in [6.45, 7) is 15.8. The fourth-order valence-electron chi connectivity index (χ4n) is 3.93. The van der Waals surface area contributed by atoms with Gasteiger partial charge in [-0.1, -0.05) is 11.8 Å². The number of carbonyl (C=O) groups excluding carboxylic acids is 2. The zero-order chi connectivity index (χ0) is 26.0. The van der Waals surface area contributed by atoms with Crippen LogP contribution in [0.3, 0.4) is 0 Å². The molecule has 35 heavy (non-hydrogen) atoms. The highest BCUT2D eigenvalue weighted by Crippen LogP contribution is 2.36. The van der Waals surface area contributed by atoms with Crippen LogP contribution in [0.25, 0.3) is 0 Å². The van der Waals surface area contributed by atoms with Gasteiger partial charge in [-0.05, 0) is 74.7 Å². The van der Waals surface area contributed by atoms with Crippen molar-refractivity contribution in [2.45, 2.75) is 109 Å². The van der Waals surface area contributed by atoms with E-state index in [-0.39, 0.29) is 11.9 Å². The largest absolute Gasteiger partial charge is 0.498 e. The lowest BCUT2D eigenvalue weighted by Crippen LogP contribution is -2.53. The predicted octanol–water partition coefficient (Wildman–Crippen LogP) is 3.16. The van der Waals surface area contributed by atoms with Crippen molar-refractivity contribution in [2.24, 2.45) is 0 Å². The molecule has 1 aromatic heterocycles. The average Bonchev–Trinajstić information content (AvgIpc) is 2.97. The van der Waals surface area contributed by atoms with Gasteiger partial charge in [-0.15, -0.1) is 0 Å². The first-order valence-electron chi connectivity index (χ1n) is 12.3. The number of aromatic nitrogens is 2. The molecule has 1 N–H and O–H groups in total. The molecule has 2 atom stereocenters. The first-order valence-corrected chi connectivity index (χ1v) is 13.3. The molecule has 1 aromatic rings.